The first-order valence-electron chi connectivity index (χ1n) is 4.81. The van der Waals surface area contributed by atoms with Crippen LogP contribution in [0.4, 0.5) is 0 Å². The molecule has 4 nitrogen and oxygen atoms in total. The van der Waals surface area contributed by atoms with Gasteiger partial charge in [-0.05, 0) is 13.8 Å². The zero-order valence-corrected chi connectivity index (χ0v) is 9.97. The van der Waals surface area contributed by atoms with Crippen molar-refractivity contribution in [3.63, 3.8) is 0 Å². The van der Waals surface area contributed by atoms with Crippen LogP contribution in [0.5, 0.6) is 0 Å². The molecule has 0 spiro atoms. The topological polar surface area (TPSA) is 48.4 Å². The van der Waals surface area contributed by atoms with Gasteiger partial charge in [-0.2, -0.15) is 0 Å². The zero-order chi connectivity index (χ0) is 11.3. The number of aromatic nitrogens is 1. The Morgan fingerprint density at radius 3 is 3.00 bits per heavy atom. The molecule has 0 bridgehead atoms. The van der Waals surface area contributed by atoms with Crippen LogP contribution in [0.25, 0.3) is 0 Å². The van der Waals surface area contributed by atoms with Crippen LogP contribution in [0.1, 0.15) is 29.3 Å². The van der Waals surface area contributed by atoms with E-state index in [0.29, 0.717) is 12.3 Å². The minimum absolute atomic E-state index is 0.117. The SMILES string of the molecule is CCOC(=O)c1csc(CC(C)OC)n1. The number of methoxy groups -OCH3 is 1. The number of esters is 1. The maximum absolute atomic E-state index is 11.3. The van der Waals surface area contributed by atoms with Crippen molar-refractivity contribution in [2.75, 3.05) is 13.7 Å². The van der Waals surface area contributed by atoms with E-state index in [9.17, 15) is 4.79 Å². The van der Waals surface area contributed by atoms with Crippen LogP contribution >= 0.6 is 11.3 Å². The maximum Gasteiger partial charge on any atom is 0.357 e. The largest absolute Gasteiger partial charge is 0.461 e. The summed E-state index contributed by atoms with van der Waals surface area (Å²) in [6.45, 7) is 4.11. The highest BCUT2D eigenvalue weighted by Gasteiger charge is 2.12. The summed E-state index contributed by atoms with van der Waals surface area (Å²) in [4.78, 5) is 15.5. The fraction of sp³-hybridized carbons (Fsp3) is 0.600. The van der Waals surface area contributed by atoms with Crippen molar-refractivity contribution in [3.8, 4) is 0 Å². The molecule has 0 saturated carbocycles. The van der Waals surface area contributed by atoms with E-state index in [1.807, 2.05) is 6.92 Å². The number of carbonyl (C=O) groups is 1. The van der Waals surface area contributed by atoms with Gasteiger partial charge in [0, 0.05) is 18.9 Å². The van der Waals surface area contributed by atoms with Gasteiger partial charge >= 0.3 is 5.97 Å². The van der Waals surface area contributed by atoms with Gasteiger partial charge in [-0.25, -0.2) is 9.78 Å². The van der Waals surface area contributed by atoms with Gasteiger partial charge in [-0.1, -0.05) is 0 Å². The molecule has 1 heterocycles. The summed E-state index contributed by atoms with van der Waals surface area (Å²) in [5, 5.41) is 2.61. The first-order valence-corrected chi connectivity index (χ1v) is 5.69. The molecule has 84 valence electrons. The number of thiazole rings is 1. The van der Waals surface area contributed by atoms with E-state index < -0.39 is 0 Å². The Kier molecular flexibility index (Phi) is 4.71. The molecule has 0 N–H and O–H groups in total. The Morgan fingerprint density at radius 1 is 1.67 bits per heavy atom. The van der Waals surface area contributed by atoms with Gasteiger partial charge in [0.05, 0.1) is 17.7 Å². The Labute approximate surface area is 93.2 Å². The quantitative estimate of drug-likeness (QED) is 0.723. The summed E-state index contributed by atoms with van der Waals surface area (Å²) < 4.78 is 9.97. The zero-order valence-electron chi connectivity index (χ0n) is 9.15. The Balaban J connectivity index is 2.59. The predicted molar refractivity (Wildman–Crippen MR) is 58.2 cm³/mol. The van der Waals surface area contributed by atoms with E-state index in [4.69, 9.17) is 9.47 Å². The highest BCUT2D eigenvalue weighted by molar-refractivity contribution is 7.09. The van der Waals surface area contributed by atoms with Crippen molar-refractivity contribution in [3.05, 3.63) is 16.1 Å². The molecule has 0 radical (unpaired) electrons. The smallest absolute Gasteiger partial charge is 0.357 e. The average molecular weight is 229 g/mol. The Bertz CT molecular complexity index is 324. The van der Waals surface area contributed by atoms with Gasteiger partial charge in [0.1, 0.15) is 0 Å². The molecule has 1 aromatic rings. The number of hydrogen-bond acceptors (Lipinski definition) is 5. The van der Waals surface area contributed by atoms with Gasteiger partial charge in [0.2, 0.25) is 0 Å². The molecule has 0 amide bonds. The van der Waals surface area contributed by atoms with Gasteiger partial charge in [0.15, 0.2) is 5.69 Å². The molecule has 1 aromatic heterocycles. The van der Waals surface area contributed by atoms with Crippen LogP contribution in [0, 0.1) is 0 Å². The normalized spacial score (nSPS) is 12.5. The number of ether oxygens (including phenoxy) is 2. The number of rotatable bonds is 5. The van der Waals surface area contributed by atoms with Crippen LogP contribution in [0.15, 0.2) is 5.38 Å². The van der Waals surface area contributed by atoms with E-state index in [1.54, 1.807) is 19.4 Å². The second kappa shape index (κ2) is 5.82. The molecule has 0 aliphatic carbocycles. The summed E-state index contributed by atoms with van der Waals surface area (Å²) in [5.74, 6) is -0.356. The molecule has 0 saturated heterocycles. The van der Waals surface area contributed by atoms with Gasteiger partial charge < -0.3 is 9.47 Å². The van der Waals surface area contributed by atoms with Crippen molar-refractivity contribution in [2.24, 2.45) is 0 Å². The van der Waals surface area contributed by atoms with Crippen LogP contribution in [-0.4, -0.2) is 30.8 Å². The van der Waals surface area contributed by atoms with E-state index in [-0.39, 0.29) is 12.1 Å². The Hall–Kier alpha value is -0.940. The molecule has 1 unspecified atom stereocenters. The molecule has 5 heteroatoms. The van der Waals surface area contributed by atoms with E-state index in [2.05, 4.69) is 4.98 Å². The number of hydrogen-bond donors (Lipinski definition) is 0. The maximum atomic E-state index is 11.3. The van der Waals surface area contributed by atoms with Crippen LogP contribution in [-0.2, 0) is 15.9 Å². The second-order valence-corrected chi connectivity index (χ2v) is 4.04. The summed E-state index contributed by atoms with van der Waals surface area (Å²) in [5.41, 5.74) is 0.389. The minimum atomic E-state index is -0.356. The lowest BCUT2D eigenvalue weighted by Gasteiger charge is -2.05. The number of carbonyl (C=O) groups excluding carboxylic acids is 1. The average Bonchev–Trinajstić information content (AvgIpc) is 2.66. The van der Waals surface area contributed by atoms with Crippen LogP contribution < -0.4 is 0 Å². The van der Waals surface area contributed by atoms with Crippen molar-refractivity contribution >= 4 is 17.3 Å². The van der Waals surface area contributed by atoms with Crippen molar-refractivity contribution < 1.29 is 14.3 Å². The number of nitrogens with zero attached hydrogens (tertiary/aromatic N) is 1. The molecular formula is C10H15NO3S. The van der Waals surface area contributed by atoms with E-state index in [1.165, 1.54) is 11.3 Å². The molecule has 0 fully saturated rings. The lowest BCUT2D eigenvalue weighted by Crippen LogP contribution is -2.09. The fourth-order valence-corrected chi connectivity index (χ4v) is 1.91. The first-order chi connectivity index (χ1) is 7.17. The minimum Gasteiger partial charge on any atom is -0.461 e. The van der Waals surface area contributed by atoms with Gasteiger partial charge in [0.25, 0.3) is 0 Å². The monoisotopic (exact) mass is 229 g/mol. The third-order valence-electron chi connectivity index (χ3n) is 1.90. The molecule has 1 rings (SSSR count). The lowest BCUT2D eigenvalue weighted by molar-refractivity contribution is 0.0519. The second-order valence-electron chi connectivity index (χ2n) is 3.10. The molecular weight excluding hydrogens is 214 g/mol. The highest BCUT2D eigenvalue weighted by Crippen LogP contribution is 2.13. The molecule has 0 aliphatic rings. The first kappa shape index (κ1) is 12.1. The standard InChI is InChI=1S/C10H15NO3S/c1-4-14-10(12)8-6-15-9(11-8)5-7(2)13-3/h6-7H,4-5H2,1-3H3. The van der Waals surface area contributed by atoms with E-state index in [0.717, 1.165) is 11.4 Å². The fourth-order valence-electron chi connectivity index (χ4n) is 1.03. The predicted octanol–water partition coefficient (Wildman–Crippen LogP) is 1.90. The van der Waals surface area contributed by atoms with Crippen LogP contribution in [0.2, 0.25) is 0 Å². The van der Waals surface area contributed by atoms with Crippen molar-refractivity contribution in [1.29, 1.82) is 0 Å². The van der Waals surface area contributed by atoms with Gasteiger partial charge in [-0.15, -0.1) is 11.3 Å². The Morgan fingerprint density at radius 2 is 2.40 bits per heavy atom. The molecule has 0 aromatic carbocycles. The molecule has 1 atom stereocenters. The van der Waals surface area contributed by atoms with Crippen LogP contribution in [0.3, 0.4) is 0 Å². The summed E-state index contributed by atoms with van der Waals surface area (Å²) >= 11 is 1.46. The highest BCUT2D eigenvalue weighted by atomic mass is 32.1. The third-order valence-corrected chi connectivity index (χ3v) is 2.77. The summed E-state index contributed by atoms with van der Waals surface area (Å²) in [6.07, 6.45) is 0.840. The molecule has 0 aliphatic heterocycles. The van der Waals surface area contributed by atoms with Crippen molar-refractivity contribution in [1.82, 2.24) is 4.98 Å². The third kappa shape index (κ3) is 3.60. The lowest BCUT2D eigenvalue weighted by atomic mass is 10.3. The summed E-state index contributed by atoms with van der Waals surface area (Å²) in [7, 11) is 1.66. The van der Waals surface area contributed by atoms with E-state index >= 15 is 0 Å². The summed E-state index contributed by atoms with van der Waals surface area (Å²) in [6, 6.07) is 0. The van der Waals surface area contributed by atoms with Crippen molar-refractivity contribution in [2.45, 2.75) is 26.4 Å². The molecule has 15 heavy (non-hydrogen) atoms. The van der Waals surface area contributed by atoms with Gasteiger partial charge in [-0.3, -0.25) is 0 Å².